The minimum Gasteiger partial charge on any atom is -0.497 e. The molecule has 32 heavy (non-hydrogen) atoms. The molecule has 174 valence electrons. The Bertz CT molecular complexity index is 903. The maximum absolute atomic E-state index is 13.2. The van der Waals surface area contributed by atoms with Gasteiger partial charge in [0, 0.05) is 13.1 Å². The van der Waals surface area contributed by atoms with Crippen molar-refractivity contribution in [1.82, 2.24) is 10.2 Å². The molecule has 0 fully saturated rings. The average molecular weight is 481 g/mol. The molecule has 0 heterocycles. The summed E-state index contributed by atoms with van der Waals surface area (Å²) < 4.78 is 10.8. The number of methoxy groups -OCH3 is 1. The first-order valence-electron chi connectivity index (χ1n) is 10.5. The Balaban J connectivity index is 2.20. The van der Waals surface area contributed by atoms with E-state index in [1.165, 1.54) is 4.90 Å². The predicted molar refractivity (Wildman–Crippen MR) is 127 cm³/mol. The minimum atomic E-state index is -0.643. The molecule has 0 aliphatic heterocycles. The molecule has 1 atom stereocenters. The zero-order chi connectivity index (χ0) is 23.7. The zero-order valence-electron chi connectivity index (χ0n) is 18.9. The lowest BCUT2D eigenvalue weighted by molar-refractivity contribution is -0.143. The Morgan fingerprint density at radius 1 is 1.03 bits per heavy atom. The van der Waals surface area contributed by atoms with E-state index in [1.54, 1.807) is 49.6 Å². The molecule has 2 rings (SSSR count). The van der Waals surface area contributed by atoms with Crippen molar-refractivity contribution < 1.29 is 19.1 Å². The van der Waals surface area contributed by atoms with Crippen LogP contribution in [0.1, 0.15) is 32.8 Å². The molecule has 0 radical (unpaired) electrons. The number of hydrogen-bond donors (Lipinski definition) is 1. The van der Waals surface area contributed by atoms with E-state index in [-0.39, 0.29) is 25.0 Å². The largest absolute Gasteiger partial charge is 0.497 e. The van der Waals surface area contributed by atoms with Crippen molar-refractivity contribution >= 4 is 35.0 Å². The van der Waals surface area contributed by atoms with Gasteiger partial charge in [-0.1, -0.05) is 50.0 Å². The zero-order valence-corrected chi connectivity index (χ0v) is 20.4. The first-order valence-corrected chi connectivity index (χ1v) is 11.3. The highest BCUT2D eigenvalue weighted by molar-refractivity contribution is 6.42. The SMILES string of the molecule is CCC(C(=O)NCC(C)C)N(Cc1ccc(Cl)c(Cl)c1)C(=O)COc1ccc(OC)cc1. The molecular weight excluding hydrogens is 451 g/mol. The van der Waals surface area contributed by atoms with Gasteiger partial charge in [0.25, 0.3) is 5.91 Å². The van der Waals surface area contributed by atoms with Crippen molar-refractivity contribution in [3.8, 4) is 11.5 Å². The van der Waals surface area contributed by atoms with Crippen LogP contribution in [0.3, 0.4) is 0 Å². The summed E-state index contributed by atoms with van der Waals surface area (Å²) in [5.74, 6) is 1.02. The summed E-state index contributed by atoms with van der Waals surface area (Å²) in [7, 11) is 1.58. The lowest BCUT2D eigenvalue weighted by Crippen LogP contribution is -2.50. The number of nitrogens with one attached hydrogen (secondary N) is 1. The molecule has 0 saturated carbocycles. The lowest BCUT2D eigenvalue weighted by Gasteiger charge is -2.31. The molecule has 8 heteroatoms. The van der Waals surface area contributed by atoms with Crippen molar-refractivity contribution in [2.75, 3.05) is 20.3 Å². The monoisotopic (exact) mass is 480 g/mol. The molecule has 2 aromatic carbocycles. The van der Waals surface area contributed by atoms with Crippen LogP contribution in [-0.2, 0) is 16.1 Å². The van der Waals surface area contributed by atoms with Gasteiger partial charge in [-0.3, -0.25) is 9.59 Å². The van der Waals surface area contributed by atoms with Crippen molar-refractivity contribution in [3.63, 3.8) is 0 Å². The predicted octanol–water partition coefficient (Wildman–Crippen LogP) is 4.96. The van der Waals surface area contributed by atoms with Gasteiger partial charge < -0.3 is 19.7 Å². The fourth-order valence-corrected chi connectivity index (χ4v) is 3.40. The summed E-state index contributed by atoms with van der Waals surface area (Å²) in [6, 6.07) is 11.5. The molecule has 0 aliphatic rings. The van der Waals surface area contributed by atoms with E-state index in [1.807, 2.05) is 20.8 Å². The molecule has 2 amide bonds. The normalized spacial score (nSPS) is 11.7. The number of hydrogen-bond acceptors (Lipinski definition) is 4. The molecule has 6 nitrogen and oxygen atoms in total. The molecule has 1 unspecified atom stereocenters. The van der Waals surface area contributed by atoms with Crippen LogP contribution in [0.4, 0.5) is 0 Å². The highest BCUT2D eigenvalue weighted by atomic mass is 35.5. The van der Waals surface area contributed by atoms with Gasteiger partial charge in [0.15, 0.2) is 6.61 Å². The van der Waals surface area contributed by atoms with Crippen LogP contribution >= 0.6 is 23.2 Å². The Labute approximate surface area is 199 Å². The van der Waals surface area contributed by atoms with E-state index >= 15 is 0 Å². The number of halogens is 2. The molecule has 1 N–H and O–H groups in total. The minimum absolute atomic E-state index is 0.195. The van der Waals surface area contributed by atoms with Gasteiger partial charge in [-0.25, -0.2) is 0 Å². The van der Waals surface area contributed by atoms with Crippen LogP contribution in [0, 0.1) is 5.92 Å². The molecule has 0 spiro atoms. The summed E-state index contributed by atoms with van der Waals surface area (Å²) in [5.41, 5.74) is 0.771. The third-order valence-electron chi connectivity index (χ3n) is 4.83. The van der Waals surface area contributed by atoms with E-state index in [0.717, 1.165) is 5.56 Å². The molecule has 0 saturated heterocycles. The quantitative estimate of drug-likeness (QED) is 0.493. The summed E-state index contributed by atoms with van der Waals surface area (Å²) in [4.78, 5) is 27.6. The number of carbonyl (C=O) groups is 2. The van der Waals surface area contributed by atoms with Crippen LogP contribution in [-0.4, -0.2) is 43.0 Å². The first-order chi connectivity index (χ1) is 15.2. The van der Waals surface area contributed by atoms with E-state index in [2.05, 4.69) is 5.32 Å². The third kappa shape index (κ3) is 7.61. The summed E-state index contributed by atoms with van der Waals surface area (Å²) in [6.45, 7) is 6.44. The maximum atomic E-state index is 13.2. The van der Waals surface area contributed by atoms with Crippen LogP contribution in [0.25, 0.3) is 0 Å². The van der Waals surface area contributed by atoms with Gasteiger partial charge in [0.1, 0.15) is 17.5 Å². The van der Waals surface area contributed by atoms with Crippen LogP contribution in [0.15, 0.2) is 42.5 Å². The average Bonchev–Trinajstić information content (AvgIpc) is 2.78. The fourth-order valence-electron chi connectivity index (χ4n) is 3.08. The van der Waals surface area contributed by atoms with Gasteiger partial charge in [0.2, 0.25) is 5.91 Å². The molecule has 2 aromatic rings. The van der Waals surface area contributed by atoms with E-state index in [0.29, 0.717) is 40.4 Å². The Kier molecular flexibility index (Phi) is 10.1. The Morgan fingerprint density at radius 3 is 2.25 bits per heavy atom. The fraction of sp³-hybridized carbons (Fsp3) is 0.417. The first kappa shape index (κ1) is 25.8. The van der Waals surface area contributed by atoms with Crippen LogP contribution < -0.4 is 14.8 Å². The van der Waals surface area contributed by atoms with Crippen molar-refractivity contribution in [1.29, 1.82) is 0 Å². The van der Waals surface area contributed by atoms with Gasteiger partial charge in [-0.2, -0.15) is 0 Å². The third-order valence-corrected chi connectivity index (χ3v) is 5.57. The molecule has 0 aromatic heterocycles. The highest BCUT2D eigenvalue weighted by Crippen LogP contribution is 2.24. The number of nitrogens with zero attached hydrogens (tertiary/aromatic N) is 1. The maximum Gasteiger partial charge on any atom is 0.261 e. The van der Waals surface area contributed by atoms with E-state index in [9.17, 15) is 9.59 Å². The molecule has 0 bridgehead atoms. The molecule has 0 aliphatic carbocycles. The summed E-state index contributed by atoms with van der Waals surface area (Å²) in [6.07, 6.45) is 0.458. The highest BCUT2D eigenvalue weighted by Gasteiger charge is 2.29. The van der Waals surface area contributed by atoms with Crippen LogP contribution in [0.2, 0.25) is 10.0 Å². The second-order valence-electron chi connectivity index (χ2n) is 7.80. The van der Waals surface area contributed by atoms with Crippen molar-refractivity contribution in [2.24, 2.45) is 5.92 Å². The summed E-state index contributed by atoms with van der Waals surface area (Å²) in [5, 5.41) is 3.75. The lowest BCUT2D eigenvalue weighted by atomic mass is 10.1. The van der Waals surface area contributed by atoms with Gasteiger partial charge >= 0.3 is 0 Å². The second-order valence-corrected chi connectivity index (χ2v) is 8.61. The van der Waals surface area contributed by atoms with E-state index in [4.69, 9.17) is 32.7 Å². The second kappa shape index (κ2) is 12.6. The van der Waals surface area contributed by atoms with Gasteiger partial charge in [-0.05, 0) is 54.3 Å². The number of carbonyl (C=O) groups excluding carboxylic acids is 2. The van der Waals surface area contributed by atoms with Gasteiger partial charge in [0.05, 0.1) is 17.2 Å². The molecular formula is C24H30Cl2N2O4. The van der Waals surface area contributed by atoms with Gasteiger partial charge in [-0.15, -0.1) is 0 Å². The Morgan fingerprint density at radius 2 is 1.69 bits per heavy atom. The number of benzene rings is 2. The van der Waals surface area contributed by atoms with Crippen LogP contribution in [0.5, 0.6) is 11.5 Å². The number of amides is 2. The van der Waals surface area contributed by atoms with Crippen molar-refractivity contribution in [3.05, 3.63) is 58.1 Å². The summed E-state index contributed by atoms with van der Waals surface area (Å²) >= 11 is 12.2. The number of ether oxygens (including phenoxy) is 2. The topological polar surface area (TPSA) is 67.9 Å². The number of rotatable bonds is 11. The smallest absolute Gasteiger partial charge is 0.261 e. The standard InChI is InChI=1S/C24H30Cl2N2O4/c1-5-22(24(30)27-13-16(2)3)28(14-17-6-11-20(25)21(26)12-17)23(29)15-32-19-9-7-18(31-4)8-10-19/h6-12,16,22H,5,13-15H2,1-4H3,(H,27,30). The van der Waals surface area contributed by atoms with E-state index < -0.39 is 6.04 Å². The Hall–Kier alpha value is -2.44. The van der Waals surface area contributed by atoms with Crippen molar-refractivity contribution in [2.45, 2.75) is 39.8 Å².